The molecule has 18 nitrogen and oxygen atoms in total. The van der Waals surface area contributed by atoms with Crippen LogP contribution in [-0.2, 0) is 28.4 Å². The summed E-state index contributed by atoms with van der Waals surface area (Å²) < 4.78 is 37.7. The van der Waals surface area contributed by atoms with Gasteiger partial charge in [-0.3, -0.25) is 0 Å². The smallest absolute Gasteiger partial charge is 0.187 e. The van der Waals surface area contributed by atoms with Crippen LogP contribution in [0.4, 0.5) is 0 Å². The number of rotatable bonds is 12. The van der Waals surface area contributed by atoms with E-state index in [0.717, 1.165) is 5.57 Å². The molecular weight excluding hydrogens is 852 g/mol. The number of hydrogen-bond acceptors (Lipinski definition) is 18. The van der Waals surface area contributed by atoms with E-state index in [-0.39, 0.29) is 30.3 Å². The first-order valence-corrected chi connectivity index (χ1v) is 23.9. The molecule has 3 saturated heterocycles. The molecule has 12 N–H and O–H groups in total. The van der Waals surface area contributed by atoms with Gasteiger partial charge in [-0.15, -0.1) is 0 Å². The zero-order chi connectivity index (χ0) is 47.9. The molecule has 0 radical (unpaired) electrons. The summed E-state index contributed by atoms with van der Waals surface area (Å²) in [7, 11) is 0. The third-order valence-electron chi connectivity index (χ3n) is 18.3. The second-order valence-corrected chi connectivity index (χ2v) is 22.6. The van der Waals surface area contributed by atoms with E-state index in [9.17, 15) is 61.3 Å². The Morgan fingerprint density at radius 3 is 1.94 bits per heavy atom. The fourth-order valence-corrected chi connectivity index (χ4v) is 14.6. The summed E-state index contributed by atoms with van der Waals surface area (Å²) >= 11 is 0. The van der Waals surface area contributed by atoms with Crippen LogP contribution in [0.2, 0.25) is 0 Å². The molecule has 3 aliphatic heterocycles. The Morgan fingerprint density at radius 1 is 0.692 bits per heavy atom. The van der Waals surface area contributed by atoms with Crippen LogP contribution in [-0.4, -0.2) is 191 Å². The highest BCUT2D eigenvalue weighted by Gasteiger charge is 2.74. The van der Waals surface area contributed by atoms with Crippen LogP contribution >= 0.6 is 0 Å². The third-order valence-corrected chi connectivity index (χ3v) is 18.3. The fourth-order valence-electron chi connectivity index (χ4n) is 14.6. The standard InChI is InChI=1S/C47H80O18/c1-21(2)10-9-13-47(8,65-41-37(59)34(56)32(54)26(18-48)62-41)22-11-15-45(6)30(22)23(50)16-28-44(5)14-12-29(52)43(3,4)39(44)25(17-46(28,45)7)61-42-38(35(57)33(55)27(19-49)63-42)64-40-36(58)31(53)24(51)20-60-40/h10,22-42,48-59H,9,11-20H2,1-8H3/t22-,23+,24+,25-,26+,27+,28?,29-,30-,31-,32+,33+,34-,35-,36+,37+,38+,39?,40-,41-,42+,44+,45+,46+,47-/m1/s1. The van der Waals surface area contributed by atoms with Gasteiger partial charge in [-0.25, -0.2) is 0 Å². The average molecular weight is 933 g/mol. The van der Waals surface area contributed by atoms with Crippen LogP contribution < -0.4 is 0 Å². The lowest BCUT2D eigenvalue weighted by Gasteiger charge is -2.72. The molecule has 2 unspecified atom stereocenters. The Labute approximate surface area is 382 Å². The van der Waals surface area contributed by atoms with Crippen LogP contribution in [0.5, 0.6) is 0 Å². The molecule has 0 aromatic rings. The maximum atomic E-state index is 12.7. The molecular formula is C47H80O18. The highest BCUT2D eigenvalue weighted by molar-refractivity contribution is 5.22. The van der Waals surface area contributed by atoms with E-state index in [1.807, 2.05) is 34.6 Å². The highest BCUT2D eigenvalue weighted by Crippen LogP contribution is 2.76. The summed E-state index contributed by atoms with van der Waals surface area (Å²) in [4.78, 5) is 0. The monoisotopic (exact) mass is 933 g/mol. The van der Waals surface area contributed by atoms with Crippen LogP contribution in [0.3, 0.4) is 0 Å². The van der Waals surface area contributed by atoms with Crippen molar-refractivity contribution < 1.29 is 89.7 Å². The van der Waals surface area contributed by atoms with Gasteiger partial charge in [0.05, 0.1) is 43.7 Å². The predicted molar refractivity (Wildman–Crippen MR) is 229 cm³/mol. The largest absolute Gasteiger partial charge is 0.394 e. The fraction of sp³-hybridized carbons (Fsp3) is 0.957. The van der Waals surface area contributed by atoms with Crippen molar-refractivity contribution in [2.75, 3.05) is 19.8 Å². The molecule has 0 spiro atoms. The minimum Gasteiger partial charge on any atom is -0.394 e. The van der Waals surface area contributed by atoms with Gasteiger partial charge >= 0.3 is 0 Å². The van der Waals surface area contributed by atoms with E-state index < -0.39 is 145 Å². The van der Waals surface area contributed by atoms with Crippen molar-refractivity contribution in [1.29, 1.82) is 0 Å². The molecule has 25 atom stereocenters. The molecule has 7 aliphatic rings. The molecule has 65 heavy (non-hydrogen) atoms. The van der Waals surface area contributed by atoms with Gasteiger partial charge in [-0.1, -0.05) is 46.3 Å². The Hall–Kier alpha value is -0.980. The molecule has 0 aromatic heterocycles. The van der Waals surface area contributed by atoms with Gasteiger partial charge in [0.2, 0.25) is 0 Å². The predicted octanol–water partition coefficient (Wildman–Crippen LogP) is -0.417. The molecule has 0 amide bonds. The lowest BCUT2D eigenvalue weighted by molar-refractivity contribution is -0.377. The molecule has 0 bridgehead atoms. The third kappa shape index (κ3) is 8.72. The van der Waals surface area contributed by atoms with Crippen molar-refractivity contribution in [3.8, 4) is 0 Å². The summed E-state index contributed by atoms with van der Waals surface area (Å²) in [5.41, 5.74) is -2.41. The van der Waals surface area contributed by atoms with E-state index in [0.29, 0.717) is 51.4 Å². The molecule has 4 saturated carbocycles. The molecule has 18 heteroatoms. The number of fused-ring (bicyclic) bond motifs is 5. The van der Waals surface area contributed by atoms with Crippen LogP contribution in [0, 0.1) is 45.3 Å². The van der Waals surface area contributed by atoms with Gasteiger partial charge in [-0.2, -0.15) is 0 Å². The molecule has 7 rings (SSSR count). The van der Waals surface area contributed by atoms with Gasteiger partial charge in [0, 0.05) is 0 Å². The summed E-state index contributed by atoms with van der Waals surface area (Å²) in [6, 6.07) is 0. The number of ether oxygens (including phenoxy) is 6. The highest BCUT2D eigenvalue weighted by atomic mass is 16.8. The minimum atomic E-state index is -1.73. The van der Waals surface area contributed by atoms with Crippen molar-refractivity contribution in [2.45, 2.75) is 217 Å². The summed E-state index contributed by atoms with van der Waals surface area (Å²) in [5.74, 6) is -1.11. The van der Waals surface area contributed by atoms with Crippen molar-refractivity contribution >= 4 is 0 Å². The van der Waals surface area contributed by atoms with Crippen LogP contribution in [0.25, 0.3) is 0 Å². The molecule has 7 fully saturated rings. The lowest BCUT2D eigenvalue weighted by atomic mass is 9.34. The van der Waals surface area contributed by atoms with Crippen LogP contribution in [0.1, 0.15) is 107 Å². The minimum absolute atomic E-state index is 0.0828. The van der Waals surface area contributed by atoms with Gasteiger partial charge in [0.15, 0.2) is 18.9 Å². The first kappa shape index (κ1) is 51.9. The quantitative estimate of drug-likeness (QED) is 0.0874. The molecule has 376 valence electrons. The number of hydrogen-bond donors (Lipinski definition) is 12. The average Bonchev–Trinajstić information content (AvgIpc) is 3.63. The Kier molecular flexibility index (Phi) is 15.1. The second kappa shape index (κ2) is 19.0. The number of aliphatic hydroxyl groups is 12. The maximum absolute atomic E-state index is 12.7. The Morgan fingerprint density at radius 2 is 1.31 bits per heavy atom. The molecule has 4 aliphatic carbocycles. The lowest BCUT2D eigenvalue weighted by Crippen LogP contribution is -2.71. The van der Waals surface area contributed by atoms with Gasteiger partial charge in [0.1, 0.15) is 67.1 Å². The first-order chi connectivity index (χ1) is 30.3. The van der Waals surface area contributed by atoms with E-state index in [4.69, 9.17) is 28.4 Å². The van der Waals surface area contributed by atoms with E-state index in [1.54, 1.807) is 0 Å². The zero-order valence-corrected chi connectivity index (χ0v) is 39.3. The van der Waals surface area contributed by atoms with Gasteiger partial charge in [0.25, 0.3) is 0 Å². The first-order valence-electron chi connectivity index (χ1n) is 23.9. The normalized spacial score (nSPS) is 53.0. The Balaban J connectivity index is 1.27. The van der Waals surface area contributed by atoms with Gasteiger partial charge < -0.3 is 89.7 Å². The maximum Gasteiger partial charge on any atom is 0.187 e. The second-order valence-electron chi connectivity index (χ2n) is 22.6. The van der Waals surface area contributed by atoms with Crippen molar-refractivity contribution in [3.05, 3.63) is 11.6 Å². The summed E-state index contributed by atoms with van der Waals surface area (Å²) in [6.07, 6.45) is -17.2. The summed E-state index contributed by atoms with van der Waals surface area (Å²) in [6.45, 7) is 15.0. The van der Waals surface area contributed by atoms with Gasteiger partial charge in [-0.05, 0) is 117 Å². The van der Waals surface area contributed by atoms with Crippen molar-refractivity contribution in [1.82, 2.24) is 0 Å². The summed E-state index contributed by atoms with van der Waals surface area (Å²) in [5, 5.41) is 131. The van der Waals surface area contributed by atoms with E-state index in [2.05, 4.69) is 26.8 Å². The van der Waals surface area contributed by atoms with Crippen molar-refractivity contribution in [3.63, 3.8) is 0 Å². The SMILES string of the molecule is CC(C)=CCC[C@@](C)(O[C@H]1O[C@@H](CO)[C@H](O)[C@@H](O)[C@@H]1O)[C@@H]1CC[C@@]2(C)[C@H]1[C@@H](O)CC1[C@]3(C)CC[C@@H](O)C(C)(C)C3[C@H](O[C@H]3O[C@@H](CO)[C@H](O)[C@@H](O)[C@@H]3O[C@H]3OC[C@H](O)[C@@H](O)[C@@H]3O)C[C@@]12C. The van der Waals surface area contributed by atoms with E-state index >= 15 is 0 Å². The number of aliphatic hydroxyl groups excluding tert-OH is 12. The zero-order valence-electron chi connectivity index (χ0n) is 39.3. The molecule has 3 heterocycles. The van der Waals surface area contributed by atoms with Crippen LogP contribution in [0.15, 0.2) is 11.6 Å². The van der Waals surface area contributed by atoms with E-state index in [1.165, 1.54) is 0 Å². The molecule has 0 aromatic carbocycles. The number of allylic oxidation sites excluding steroid dienone is 2. The Bertz CT molecular complexity index is 1660. The topological polar surface area (TPSA) is 298 Å². The van der Waals surface area contributed by atoms with Crippen molar-refractivity contribution in [2.24, 2.45) is 45.3 Å².